The summed E-state index contributed by atoms with van der Waals surface area (Å²) in [6.45, 7) is 4.75. The summed E-state index contributed by atoms with van der Waals surface area (Å²) in [5.41, 5.74) is 13.2. The smallest absolute Gasteiger partial charge is 0.0434 e. The van der Waals surface area contributed by atoms with Crippen LogP contribution in [0, 0.1) is 0 Å². The number of fused-ring (bicyclic) bond motifs is 9. The van der Waals surface area contributed by atoms with Gasteiger partial charge in [-0.1, -0.05) is 166 Å². The molecule has 0 aliphatic heterocycles. The van der Waals surface area contributed by atoms with Crippen molar-refractivity contribution in [3.8, 4) is 44.5 Å². The summed E-state index contributed by atoms with van der Waals surface area (Å²) in [7, 11) is 0. The van der Waals surface area contributed by atoms with Crippen molar-refractivity contribution in [1.82, 2.24) is 0 Å². The van der Waals surface area contributed by atoms with Gasteiger partial charge >= 0.3 is 0 Å². The number of hydrogen-bond acceptors (Lipinski definition) is 1. The second kappa shape index (κ2) is 11.0. The Kier molecular flexibility index (Phi) is 6.27. The molecule has 0 saturated carbocycles. The average molecular weight is 679 g/mol. The summed E-state index contributed by atoms with van der Waals surface area (Å²) >= 11 is 1.90. The lowest BCUT2D eigenvalue weighted by molar-refractivity contribution is 0.661. The topological polar surface area (TPSA) is 0 Å². The molecule has 1 aliphatic rings. The molecule has 0 nitrogen and oxygen atoms in total. The molecule has 1 heterocycles. The van der Waals surface area contributed by atoms with Crippen molar-refractivity contribution in [2.24, 2.45) is 0 Å². The van der Waals surface area contributed by atoms with Crippen molar-refractivity contribution in [2.45, 2.75) is 19.3 Å². The zero-order valence-corrected chi connectivity index (χ0v) is 29.9. The van der Waals surface area contributed by atoms with Gasteiger partial charge in [-0.3, -0.25) is 0 Å². The Labute approximate surface area is 307 Å². The van der Waals surface area contributed by atoms with Crippen LogP contribution in [0.15, 0.2) is 170 Å². The van der Waals surface area contributed by atoms with E-state index >= 15 is 0 Å². The third-order valence-corrected chi connectivity index (χ3v) is 12.9. The summed E-state index contributed by atoms with van der Waals surface area (Å²) in [6.07, 6.45) is 0. The number of thiophene rings is 1. The summed E-state index contributed by atoms with van der Waals surface area (Å²) in [4.78, 5) is 0. The maximum absolute atomic E-state index is 2.42. The number of hydrogen-bond donors (Lipinski definition) is 0. The van der Waals surface area contributed by atoms with Crippen molar-refractivity contribution in [3.05, 3.63) is 181 Å². The quantitative estimate of drug-likeness (QED) is 0.163. The van der Waals surface area contributed by atoms with Crippen LogP contribution >= 0.6 is 11.3 Å². The summed E-state index contributed by atoms with van der Waals surface area (Å²) in [5, 5.41) is 10.4. The van der Waals surface area contributed by atoms with Crippen LogP contribution in [0.2, 0.25) is 0 Å². The van der Waals surface area contributed by atoms with E-state index in [1.807, 2.05) is 11.3 Å². The Balaban J connectivity index is 1.11. The first-order chi connectivity index (χ1) is 25.6. The molecule has 9 aromatic carbocycles. The van der Waals surface area contributed by atoms with Gasteiger partial charge in [0.05, 0.1) is 0 Å². The average Bonchev–Trinajstić information content (AvgIpc) is 3.68. The summed E-state index contributed by atoms with van der Waals surface area (Å²) < 4.78 is 2.68. The van der Waals surface area contributed by atoms with E-state index in [0.29, 0.717) is 0 Å². The molecular weight excluding hydrogens is 645 g/mol. The molecule has 0 fully saturated rings. The van der Waals surface area contributed by atoms with Gasteiger partial charge < -0.3 is 0 Å². The van der Waals surface area contributed by atoms with Gasteiger partial charge in [0.1, 0.15) is 0 Å². The molecule has 0 amide bonds. The van der Waals surface area contributed by atoms with Crippen LogP contribution < -0.4 is 0 Å². The maximum atomic E-state index is 2.42. The lowest BCUT2D eigenvalue weighted by Crippen LogP contribution is -2.14. The van der Waals surface area contributed by atoms with E-state index < -0.39 is 0 Å². The fourth-order valence-corrected chi connectivity index (χ4v) is 10.4. The first kappa shape index (κ1) is 29.7. The Morgan fingerprint density at radius 3 is 1.62 bits per heavy atom. The Hall–Kier alpha value is -6.02. The molecule has 52 heavy (non-hydrogen) atoms. The molecule has 1 heteroatoms. The molecule has 0 atom stereocenters. The van der Waals surface area contributed by atoms with Crippen molar-refractivity contribution in [3.63, 3.8) is 0 Å². The minimum Gasteiger partial charge on any atom is -0.135 e. The number of rotatable bonds is 3. The molecule has 1 aromatic heterocycles. The third-order valence-electron chi connectivity index (χ3n) is 11.7. The lowest BCUT2D eigenvalue weighted by Gasteiger charge is -2.22. The van der Waals surface area contributed by atoms with Crippen LogP contribution in [0.1, 0.15) is 25.0 Å². The Bertz CT molecular complexity index is 3030. The standard InChI is InChI=1S/C51H34S/c1-51(2)44-23-12-20-35(49(44)43-29-33-13-3-4-14-34(33)30-45(43)51)31-25-27-32(28-26-31)47-37-16-5-7-18-39(37)48(40-19-8-6-17-38(40)47)42-22-11-21-41-36-15-9-10-24-46(36)52-50(41)42/h3-30H,1-2H3. The molecule has 0 bridgehead atoms. The summed E-state index contributed by atoms with van der Waals surface area (Å²) in [6, 6.07) is 63.5. The molecule has 1 aliphatic carbocycles. The second-order valence-corrected chi connectivity index (χ2v) is 15.8. The molecule has 10 aromatic rings. The minimum atomic E-state index is -0.0651. The van der Waals surface area contributed by atoms with Crippen LogP contribution in [0.5, 0.6) is 0 Å². The third kappa shape index (κ3) is 4.15. The van der Waals surface area contributed by atoms with Gasteiger partial charge in [0.25, 0.3) is 0 Å². The highest BCUT2D eigenvalue weighted by molar-refractivity contribution is 7.26. The fourth-order valence-electron chi connectivity index (χ4n) is 9.20. The SMILES string of the molecule is CC1(C)c2cc3ccccc3cc2-c2c(-c3ccc(-c4c5ccccc5c(-c5cccc6c5sc5ccccc56)c5ccccc45)cc3)cccc21. The van der Waals surface area contributed by atoms with E-state index in [0.717, 1.165) is 0 Å². The monoisotopic (exact) mass is 678 g/mol. The van der Waals surface area contributed by atoms with Gasteiger partial charge in [-0.15, -0.1) is 11.3 Å². The first-order valence-electron chi connectivity index (χ1n) is 18.2. The van der Waals surface area contributed by atoms with Crippen LogP contribution in [-0.2, 0) is 5.41 Å². The van der Waals surface area contributed by atoms with Crippen molar-refractivity contribution >= 4 is 63.8 Å². The predicted octanol–water partition coefficient (Wildman–Crippen LogP) is 14.8. The second-order valence-electron chi connectivity index (χ2n) is 14.8. The Morgan fingerprint density at radius 2 is 0.904 bits per heavy atom. The van der Waals surface area contributed by atoms with Crippen molar-refractivity contribution in [1.29, 1.82) is 0 Å². The van der Waals surface area contributed by atoms with Gasteiger partial charge in [-0.25, -0.2) is 0 Å². The van der Waals surface area contributed by atoms with Gasteiger partial charge in [0, 0.05) is 31.2 Å². The normalized spacial score (nSPS) is 13.3. The molecule has 0 N–H and O–H groups in total. The van der Waals surface area contributed by atoms with E-state index in [9.17, 15) is 0 Å². The molecular formula is C51H34S. The van der Waals surface area contributed by atoms with E-state index in [-0.39, 0.29) is 5.41 Å². The molecule has 0 spiro atoms. The van der Waals surface area contributed by atoms with E-state index in [4.69, 9.17) is 0 Å². The van der Waals surface area contributed by atoms with E-state index in [1.54, 1.807) is 0 Å². The molecule has 244 valence electrons. The predicted molar refractivity (Wildman–Crippen MR) is 226 cm³/mol. The molecule has 0 saturated heterocycles. The fraction of sp³-hybridized carbons (Fsp3) is 0.0588. The largest absolute Gasteiger partial charge is 0.135 e. The highest BCUT2D eigenvalue weighted by atomic mass is 32.1. The van der Waals surface area contributed by atoms with Gasteiger partial charge in [-0.2, -0.15) is 0 Å². The lowest BCUT2D eigenvalue weighted by atomic mass is 9.81. The van der Waals surface area contributed by atoms with E-state index in [1.165, 1.54) is 108 Å². The van der Waals surface area contributed by atoms with Crippen LogP contribution in [-0.4, -0.2) is 0 Å². The minimum absolute atomic E-state index is 0.0651. The van der Waals surface area contributed by atoms with Crippen LogP contribution in [0.25, 0.3) is 97.0 Å². The Morgan fingerprint density at radius 1 is 0.365 bits per heavy atom. The molecule has 0 unspecified atom stereocenters. The summed E-state index contributed by atoms with van der Waals surface area (Å²) in [5.74, 6) is 0. The van der Waals surface area contributed by atoms with Gasteiger partial charge in [0.2, 0.25) is 0 Å². The highest BCUT2D eigenvalue weighted by Gasteiger charge is 2.37. The zero-order valence-electron chi connectivity index (χ0n) is 29.1. The molecule has 0 radical (unpaired) electrons. The van der Waals surface area contributed by atoms with Crippen LogP contribution in [0.3, 0.4) is 0 Å². The highest BCUT2D eigenvalue weighted by Crippen LogP contribution is 2.53. The number of benzene rings is 9. The zero-order chi connectivity index (χ0) is 34.6. The van der Waals surface area contributed by atoms with Crippen molar-refractivity contribution < 1.29 is 0 Å². The van der Waals surface area contributed by atoms with E-state index in [2.05, 4.69) is 184 Å². The first-order valence-corrected chi connectivity index (χ1v) is 19.0. The van der Waals surface area contributed by atoms with Crippen molar-refractivity contribution in [2.75, 3.05) is 0 Å². The molecule has 11 rings (SSSR count). The van der Waals surface area contributed by atoms with Crippen LogP contribution in [0.4, 0.5) is 0 Å². The maximum Gasteiger partial charge on any atom is 0.0434 e. The van der Waals surface area contributed by atoms with Gasteiger partial charge in [-0.05, 0) is 101 Å². The van der Waals surface area contributed by atoms with Gasteiger partial charge in [0.15, 0.2) is 0 Å².